The molecule has 0 unspecified atom stereocenters. The van der Waals surface area contributed by atoms with Gasteiger partial charge in [0.05, 0.1) is 10.5 Å². The maximum absolute atomic E-state index is 6.27. The SMILES string of the molecule is CNCCc1cc(Cl)c2[nH]c(C)c(C)c2c1. The zero-order chi connectivity index (χ0) is 11.7. The number of likely N-dealkylation sites (N-methyl/N-ethyl adjacent to an activating group) is 1. The number of rotatable bonds is 3. The summed E-state index contributed by atoms with van der Waals surface area (Å²) in [5, 5.41) is 5.22. The summed E-state index contributed by atoms with van der Waals surface area (Å²) in [6.45, 7) is 5.19. The number of nitrogens with one attached hydrogen (secondary N) is 2. The van der Waals surface area contributed by atoms with Gasteiger partial charge in [-0.05, 0) is 57.1 Å². The van der Waals surface area contributed by atoms with Gasteiger partial charge in [-0.1, -0.05) is 11.6 Å². The Balaban J connectivity index is 2.52. The van der Waals surface area contributed by atoms with Crippen LogP contribution in [0.3, 0.4) is 0 Å². The van der Waals surface area contributed by atoms with Gasteiger partial charge in [0, 0.05) is 11.1 Å². The Morgan fingerprint density at radius 1 is 1.31 bits per heavy atom. The zero-order valence-electron chi connectivity index (χ0n) is 9.95. The van der Waals surface area contributed by atoms with Gasteiger partial charge in [-0.15, -0.1) is 0 Å². The smallest absolute Gasteiger partial charge is 0.0649 e. The summed E-state index contributed by atoms with van der Waals surface area (Å²) < 4.78 is 0. The van der Waals surface area contributed by atoms with Gasteiger partial charge in [-0.25, -0.2) is 0 Å². The van der Waals surface area contributed by atoms with Crippen LogP contribution in [0.2, 0.25) is 5.02 Å². The standard InChI is InChI=1S/C13H17ClN2/c1-8-9(2)16-13-11(8)6-10(4-5-15-3)7-12(13)14/h6-7,15-16H,4-5H2,1-3H3. The molecule has 0 aliphatic rings. The minimum absolute atomic E-state index is 0.819. The van der Waals surface area contributed by atoms with E-state index in [1.165, 1.54) is 22.2 Å². The van der Waals surface area contributed by atoms with Crippen molar-refractivity contribution in [2.45, 2.75) is 20.3 Å². The van der Waals surface area contributed by atoms with Crippen LogP contribution in [0, 0.1) is 13.8 Å². The predicted molar refractivity (Wildman–Crippen MR) is 70.4 cm³/mol. The maximum atomic E-state index is 6.27. The van der Waals surface area contributed by atoms with Crippen molar-refractivity contribution in [1.82, 2.24) is 10.3 Å². The second kappa shape index (κ2) is 4.48. The monoisotopic (exact) mass is 236 g/mol. The third kappa shape index (κ3) is 1.95. The van der Waals surface area contributed by atoms with E-state index >= 15 is 0 Å². The van der Waals surface area contributed by atoms with E-state index in [1.54, 1.807) is 0 Å². The molecule has 0 aliphatic carbocycles. The van der Waals surface area contributed by atoms with Crippen LogP contribution in [0.5, 0.6) is 0 Å². The van der Waals surface area contributed by atoms with Gasteiger partial charge in [0.2, 0.25) is 0 Å². The number of H-pyrrole nitrogens is 1. The van der Waals surface area contributed by atoms with E-state index in [1.807, 2.05) is 7.05 Å². The first kappa shape index (κ1) is 11.5. The van der Waals surface area contributed by atoms with Crippen molar-refractivity contribution in [3.8, 4) is 0 Å². The lowest BCUT2D eigenvalue weighted by molar-refractivity contribution is 0.792. The van der Waals surface area contributed by atoms with E-state index in [0.717, 1.165) is 23.5 Å². The molecule has 0 fully saturated rings. The number of hydrogen-bond donors (Lipinski definition) is 2. The molecule has 0 atom stereocenters. The van der Waals surface area contributed by atoms with Crippen LogP contribution in [0.1, 0.15) is 16.8 Å². The fourth-order valence-corrected chi connectivity index (χ4v) is 2.27. The molecule has 2 N–H and O–H groups in total. The molecule has 2 nitrogen and oxygen atoms in total. The fourth-order valence-electron chi connectivity index (χ4n) is 1.98. The second-order valence-corrected chi connectivity index (χ2v) is 4.64. The fraction of sp³-hybridized carbons (Fsp3) is 0.385. The molecule has 0 aliphatic heterocycles. The second-order valence-electron chi connectivity index (χ2n) is 4.23. The summed E-state index contributed by atoms with van der Waals surface area (Å²) >= 11 is 6.27. The third-order valence-electron chi connectivity index (χ3n) is 3.09. The zero-order valence-corrected chi connectivity index (χ0v) is 10.7. The Kier molecular flexibility index (Phi) is 3.22. The highest BCUT2D eigenvalue weighted by molar-refractivity contribution is 6.35. The Hall–Kier alpha value is -0.990. The van der Waals surface area contributed by atoms with Crippen molar-refractivity contribution in [3.05, 3.63) is 34.0 Å². The highest BCUT2D eigenvalue weighted by Crippen LogP contribution is 2.29. The van der Waals surface area contributed by atoms with Gasteiger partial charge < -0.3 is 10.3 Å². The first-order valence-corrected chi connectivity index (χ1v) is 5.93. The van der Waals surface area contributed by atoms with Gasteiger partial charge in [-0.2, -0.15) is 0 Å². The number of aryl methyl sites for hydroxylation is 2. The molecule has 0 amide bonds. The lowest BCUT2D eigenvalue weighted by Crippen LogP contribution is -2.10. The van der Waals surface area contributed by atoms with Crippen LogP contribution >= 0.6 is 11.6 Å². The third-order valence-corrected chi connectivity index (χ3v) is 3.39. The molecular formula is C13H17ClN2. The summed E-state index contributed by atoms with van der Waals surface area (Å²) in [6.07, 6.45) is 1.01. The van der Waals surface area contributed by atoms with Crippen molar-refractivity contribution in [2.75, 3.05) is 13.6 Å². The van der Waals surface area contributed by atoms with Crippen molar-refractivity contribution in [3.63, 3.8) is 0 Å². The highest BCUT2D eigenvalue weighted by atomic mass is 35.5. The molecule has 0 radical (unpaired) electrons. The topological polar surface area (TPSA) is 27.8 Å². The van der Waals surface area contributed by atoms with Gasteiger partial charge in [0.1, 0.15) is 0 Å². The number of aromatic nitrogens is 1. The van der Waals surface area contributed by atoms with Crippen molar-refractivity contribution in [1.29, 1.82) is 0 Å². The molecule has 16 heavy (non-hydrogen) atoms. The van der Waals surface area contributed by atoms with Crippen LogP contribution in [0.15, 0.2) is 12.1 Å². The number of hydrogen-bond acceptors (Lipinski definition) is 1. The highest BCUT2D eigenvalue weighted by Gasteiger charge is 2.08. The van der Waals surface area contributed by atoms with E-state index in [0.29, 0.717) is 0 Å². The molecule has 1 aromatic heterocycles. The van der Waals surface area contributed by atoms with Crippen LogP contribution in [0.4, 0.5) is 0 Å². The lowest BCUT2D eigenvalue weighted by Gasteiger charge is -2.03. The van der Waals surface area contributed by atoms with Crippen molar-refractivity contribution in [2.24, 2.45) is 0 Å². The van der Waals surface area contributed by atoms with Crippen LogP contribution in [-0.2, 0) is 6.42 Å². The Labute approximate surface area is 101 Å². The van der Waals surface area contributed by atoms with Gasteiger partial charge >= 0.3 is 0 Å². The normalized spacial score (nSPS) is 11.2. The molecule has 3 heteroatoms. The summed E-state index contributed by atoms with van der Waals surface area (Å²) in [5.74, 6) is 0. The van der Waals surface area contributed by atoms with Gasteiger partial charge in [0.25, 0.3) is 0 Å². The van der Waals surface area contributed by atoms with Crippen molar-refractivity contribution >= 4 is 22.5 Å². The molecular weight excluding hydrogens is 220 g/mol. The minimum Gasteiger partial charge on any atom is -0.357 e. The van der Waals surface area contributed by atoms with E-state index in [9.17, 15) is 0 Å². The summed E-state index contributed by atoms with van der Waals surface area (Å²) in [4.78, 5) is 3.33. The molecule has 2 aromatic rings. The first-order chi connectivity index (χ1) is 7.63. The lowest BCUT2D eigenvalue weighted by atomic mass is 10.1. The number of benzene rings is 1. The summed E-state index contributed by atoms with van der Waals surface area (Å²) in [7, 11) is 1.96. The molecule has 86 valence electrons. The molecule has 0 saturated heterocycles. The van der Waals surface area contributed by atoms with E-state index in [-0.39, 0.29) is 0 Å². The Morgan fingerprint density at radius 3 is 2.75 bits per heavy atom. The molecule has 1 heterocycles. The maximum Gasteiger partial charge on any atom is 0.0649 e. The first-order valence-electron chi connectivity index (χ1n) is 5.55. The van der Waals surface area contributed by atoms with Crippen molar-refractivity contribution < 1.29 is 0 Å². The van der Waals surface area contributed by atoms with E-state index in [2.05, 4.69) is 36.3 Å². The van der Waals surface area contributed by atoms with Crippen LogP contribution < -0.4 is 5.32 Å². The molecule has 1 aromatic carbocycles. The van der Waals surface area contributed by atoms with E-state index < -0.39 is 0 Å². The quantitative estimate of drug-likeness (QED) is 0.842. The summed E-state index contributed by atoms with van der Waals surface area (Å²) in [6, 6.07) is 4.29. The number of halogens is 1. The molecule has 0 saturated carbocycles. The predicted octanol–water partition coefficient (Wildman–Crippen LogP) is 3.20. The van der Waals surface area contributed by atoms with Crippen LogP contribution in [-0.4, -0.2) is 18.6 Å². The van der Waals surface area contributed by atoms with Crippen LogP contribution in [0.25, 0.3) is 10.9 Å². The number of aromatic amines is 1. The Bertz CT molecular complexity index is 514. The Morgan fingerprint density at radius 2 is 2.06 bits per heavy atom. The van der Waals surface area contributed by atoms with E-state index in [4.69, 9.17) is 11.6 Å². The largest absolute Gasteiger partial charge is 0.357 e. The minimum atomic E-state index is 0.819. The average molecular weight is 237 g/mol. The molecule has 0 spiro atoms. The summed E-state index contributed by atoms with van der Waals surface area (Å²) in [5.41, 5.74) is 4.84. The van der Waals surface area contributed by atoms with Gasteiger partial charge in [-0.3, -0.25) is 0 Å². The molecule has 0 bridgehead atoms. The number of fused-ring (bicyclic) bond motifs is 1. The van der Waals surface area contributed by atoms with Gasteiger partial charge in [0.15, 0.2) is 0 Å². The molecule has 2 rings (SSSR count). The average Bonchev–Trinajstić information content (AvgIpc) is 2.54.